The number of hydrogen-bond acceptors (Lipinski definition) is 5. The van der Waals surface area contributed by atoms with E-state index in [9.17, 15) is 4.79 Å². The molecule has 0 aliphatic carbocycles. The Labute approximate surface area is 193 Å². The van der Waals surface area contributed by atoms with Crippen molar-refractivity contribution in [2.75, 3.05) is 23.8 Å². The first-order valence-corrected chi connectivity index (χ1v) is 10.3. The zero-order chi connectivity index (χ0) is 19.7. The van der Waals surface area contributed by atoms with Crippen LogP contribution in [0.5, 0.6) is 5.75 Å². The fourth-order valence-corrected chi connectivity index (χ4v) is 4.58. The molecule has 2 heterocycles. The fourth-order valence-electron chi connectivity index (χ4n) is 3.56. The maximum absolute atomic E-state index is 13.3. The number of benzene rings is 2. The van der Waals surface area contributed by atoms with E-state index >= 15 is 0 Å². The van der Waals surface area contributed by atoms with Crippen LogP contribution >= 0.6 is 36.2 Å². The summed E-state index contributed by atoms with van der Waals surface area (Å²) in [6.45, 7) is 5.19. The third kappa shape index (κ3) is 4.56. The van der Waals surface area contributed by atoms with Gasteiger partial charge in [0.15, 0.2) is 0 Å². The number of hydrogen-bond donors (Lipinski definition) is 1. The Morgan fingerprint density at radius 1 is 1.20 bits per heavy atom. The van der Waals surface area contributed by atoms with Crippen molar-refractivity contribution < 1.29 is 9.53 Å². The summed E-state index contributed by atoms with van der Waals surface area (Å²) in [6.07, 6.45) is 1.82. The van der Waals surface area contributed by atoms with E-state index in [1.54, 1.807) is 0 Å². The Morgan fingerprint density at radius 3 is 2.63 bits per heavy atom. The molecule has 1 aliphatic heterocycles. The van der Waals surface area contributed by atoms with E-state index in [1.807, 2.05) is 61.2 Å². The van der Waals surface area contributed by atoms with Crippen LogP contribution in [0.15, 0.2) is 42.5 Å². The van der Waals surface area contributed by atoms with E-state index in [2.05, 4.69) is 4.98 Å². The van der Waals surface area contributed by atoms with Gasteiger partial charge in [0.2, 0.25) is 0 Å². The minimum Gasteiger partial charge on any atom is -0.494 e. The first kappa shape index (κ1) is 24.0. The van der Waals surface area contributed by atoms with Crippen LogP contribution in [0, 0.1) is 6.92 Å². The summed E-state index contributed by atoms with van der Waals surface area (Å²) in [5.41, 5.74) is 10.6. The molecule has 0 bridgehead atoms. The molecule has 3 aromatic rings. The van der Waals surface area contributed by atoms with Crippen molar-refractivity contribution in [3.05, 3.63) is 58.6 Å². The molecule has 0 spiro atoms. The van der Waals surface area contributed by atoms with Gasteiger partial charge in [0, 0.05) is 23.5 Å². The van der Waals surface area contributed by atoms with Crippen LogP contribution in [0.4, 0.5) is 11.4 Å². The molecule has 30 heavy (non-hydrogen) atoms. The Hall–Kier alpha value is -2.28. The van der Waals surface area contributed by atoms with Gasteiger partial charge in [-0.25, -0.2) is 4.98 Å². The normalized spacial score (nSPS) is 12.4. The van der Waals surface area contributed by atoms with Gasteiger partial charge in [-0.15, -0.1) is 36.2 Å². The van der Waals surface area contributed by atoms with E-state index in [-0.39, 0.29) is 30.7 Å². The van der Waals surface area contributed by atoms with Crippen molar-refractivity contribution in [1.29, 1.82) is 0 Å². The molecule has 0 saturated carbocycles. The molecule has 2 N–H and O–H groups in total. The van der Waals surface area contributed by atoms with Crippen molar-refractivity contribution in [3.8, 4) is 16.3 Å². The Kier molecular flexibility index (Phi) is 8.12. The number of fused-ring (bicyclic) bond motifs is 1. The van der Waals surface area contributed by atoms with Gasteiger partial charge in [-0.3, -0.25) is 4.79 Å². The van der Waals surface area contributed by atoms with Crippen molar-refractivity contribution in [1.82, 2.24) is 4.98 Å². The van der Waals surface area contributed by atoms with Crippen molar-refractivity contribution in [2.24, 2.45) is 0 Å². The molecule has 4 rings (SSSR count). The maximum atomic E-state index is 13.3. The second-order valence-electron chi connectivity index (χ2n) is 6.80. The minimum absolute atomic E-state index is 0. The monoisotopic (exact) mass is 465 g/mol. The maximum Gasteiger partial charge on any atom is 0.270 e. The van der Waals surface area contributed by atoms with Crippen LogP contribution in [-0.4, -0.2) is 24.0 Å². The second kappa shape index (κ2) is 10.2. The smallest absolute Gasteiger partial charge is 0.270 e. The van der Waals surface area contributed by atoms with E-state index in [4.69, 9.17) is 10.5 Å². The number of carbonyl (C=O) groups is 1. The van der Waals surface area contributed by atoms with Crippen LogP contribution in [0.1, 0.15) is 34.3 Å². The number of amides is 1. The minimum atomic E-state index is -0.00117. The van der Waals surface area contributed by atoms with Crippen LogP contribution in [0.25, 0.3) is 10.6 Å². The highest BCUT2D eigenvalue weighted by atomic mass is 35.5. The van der Waals surface area contributed by atoms with E-state index < -0.39 is 0 Å². The van der Waals surface area contributed by atoms with Crippen LogP contribution in [0.3, 0.4) is 0 Å². The molecular formula is C22H25Cl2N3O2S. The Bertz CT molecular complexity index is 1020. The van der Waals surface area contributed by atoms with Gasteiger partial charge in [0.25, 0.3) is 5.91 Å². The van der Waals surface area contributed by atoms with Gasteiger partial charge in [-0.05, 0) is 68.7 Å². The number of anilines is 2. The Morgan fingerprint density at radius 2 is 1.93 bits per heavy atom. The lowest BCUT2D eigenvalue weighted by Crippen LogP contribution is -2.35. The number of ether oxygens (including phenoxy) is 1. The molecule has 0 fully saturated rings. The average molecular weight is 466 g/mol. The molecule has 1 aromatic heterocycles. The molecule has 1 amide bonds. The molecule has 5 nitrogen and oxygen atoms in total. The predicted molar refractivity (Wildman–Crippen MR) is 129 cm³/mol. The van der Waals surface area contributed by atoms with Gasteiger partial charge in [-0.2, -0.15) is 0 Å². The lowest BCUT2D eigenvalue weighted by atomic mass is 9.99. The quantitative estimate of drug-likeness (QED) is 0.513. The zero-order valence-corrected chi connectivity index (χ0v) is 19.3. The largest absolute Gasteiger partial charge is 0.494 e. The lowest BCUT2D eigenvalue weighted by Gasteiger charge is -2.30. The summed E-state index contributed by atoms with van der Waals surface area (Å²) in [5.74, 6) is 0.831. The summed E-state index contributed by atoms with van der Waals surface area (Å²) in [6, 6.07) is 13.6. The van der Waals surface area contributed by atoms with Gasteiger partial charge in [-0.1, -0.05) is 6.07 Å². The summed E-state index contributed by atoms with van der Waals surface area (Å²) < 4.78 is 5.50. The number of carbonyl (C=O) groups excluding carboxylic acids is 1. The Balaban J connectivity index is 0.00000160. The number of aryl methyl sites for hydroxylation is 1. The number of halogens is 2. The first-order valence-electron chi connectivity index (χ1n) is 9.48. The molecule has 2 aromatic carbocycles. The highest BCUT2D eigenvalue weighted by Gasteiger charge is 2.27. The predicted octanol–water partition coefficient (Wildman–Crippen LogP) is 5.54. The summed E-state index contributed by atoms with van der Waals surface area (Å²) in [7, 11) is 0. The van der Waals surface area contributed by atoms with Crippen molar-refractivity contribution in [3.63, 3.8) is 0 Å². The first-order chi connectivity index (χ1) is 13.6. The number of nitrogens with zero attached hydrogens (tertiary/aromatic N) is 2. The number of nitrogen functional groups attached to an aromatic ring is 1. The standard InChI is InChI=1S/C22H23N3O2S.2ClH/c1-3-27-16-11-9-15(10-12-16)21-24-14(2)20(28-21)22(26)25-13-5-6-17-18(23)7-4-8-19(17)25;;/h4,7-12H,3,5-6,13,23H2,1-2H3;2*1H. The van der Waals surface area contributed by atoms with Gasteiger partial charge in [0.05, 0.1) is 12.3 Å². The molecule has 0 unspecified atom stereocenters. The second-order valence-corrected chi connectivity index (χ2v) is 7.80. The average Bonchev–Trinajstić information content (AvgIpc) is 3.10. The molecular weight excluding hydrogens is 441 g/mol. The van der Waals surface area contributed by atoms with Crippen LogP contribution in [-0.2, 0) is 6.42 Å². The van der Waals surface area contributed by atoms with Crippen molar-refractivity contribution >= 4 is 53.4 Å². The number of nitrogens with two attached hydrogens (primary N) is 1. The van der Waals surface area contributed by atoms with Crippen LogP contribution in [0.2, 0.25) is 0 Å². The van der Waals surface area contributed by atoms with Gasteiger partial charge in [0.1, 0.15) is 15.6 Å². The zero-order valence-electron chi connectivity index (χ0n) is 16.9. The lowest BCUT2D eigenvalue weighted by molar-refractivity contribution is 0.0988. The third-order valence-corrected chi connectivity index (χ3v) is 6.13. The number of aromatic nitrogens is 1. The summed E-state index contributed by atoms with van der Waals surface area (Å²) in [4.78, 5) is 20.5. The summed E-state index contributed by atoms with van der Waals surface area (Å²) >= 11 is 1.44. The van der Waals surface area contributed by atoms with E-state index in [0.29, 0.717) is 18.0 Å². The highest BCUT2D eigenvalue weighted by molar-refractivity contribution is 7.17. The third-order valence-electron chi connectivity index (χ3n) is 4.94. The number of thiazole rings is 1. The topological polar surface area (TPSA) is 68.5 Å². The van der Waals surface area contributed by atoms with Gasteiger partial charge < -0.3 is 15.4 Å². The van der Waals surface area contributed by atoms with Crippen molar-refractivity contribution in [2.45, 2.75) is 26.7 Å². The van der Waals surface area contributed by atoms with Gasteiger partial charge >= 0.3 is 0 Å². The molecule has 8 heteroatoms. The highest BCUT2D eigenvalue weighted by Crippen LogP contribution is 2.35. The van der Waals surface area contributed by atoms with E-state index in [1.165, 1.54) is 11.3 Å². The van der Waals surface area contributed by atoms with Crippen LogP contribution < -0.4 is 15.4 Å². The fraction of sp³-hybridized carbons (Fsp3) is 0.273. The number of rotatable bonds is 4. The molecule has 0 atom stereocenters. The SMILES string of the molecule is CCOc1ccc(-c2nc(C)c(C(=O)N3CCCc4c(N)cccc43)s2)cc1.Cl.Cl. The molecule has 0 radical (unpaired) electrons. The van der Waals surface area contributed by atoms with E-state index in [0.717, 1.165) is 51.8 Å². The molecule has 0 saturated heterocycles. The molecule has 1 aliphatic rings. The summed E-state index contributed by atoms with van der Waals surface area (Å²) in [5, 5.41) is 0.841. The molecule has 160 valence electrons.